The van der Waals surface area contributed by atoms with Crippen LogP contribution in [0.25, 0.3) is 10.8 Å². The van der Waals surface area contributed by atoms with E-state index in [-0.39, 0.29) is 0 Å². The van der Waals surface area contributed by atoms with Gasteiger partial charge in [-0.05, 0) is 29.1 Å². The topological polar surface area (TPSA) is 37.8 Å². The van der Waals surface area contributed by atoms with Gasteiger partial charge >= 0.3 is 0 Å². The number of hydrogen-bond donors (Lipinski definition) is 1. The van der Waals surface area contributed by atoms with Crippen LogP contribution in [0.5, 0.6) is 0 Å². The van der Waals surface area contributed by atoms with Crippen molar-refractivity contribution in [1.82, 2.24) is 9.97 Å². The standard InChI is InChI=1S/C15H13N3/c1-2-4-14-13(3-1)7-10-17-15(14)18-11-12-5-8-16-9-6-12/h1-10H,11H2,(H,17,18). The van der Waals surface area contributed by atoms with Gasteiger partial charge in [0.05, 0.1) is 0 Å². The monoisotopic (exact) mass is 235 g/mol. The average molecular weight is 235 g/mol. The van der Waals surface area contributed by atoms with Crippen molar-refractivity contribution in [3.63, 3.8) is 0 Å². The van der Waals surface area contributed by atoms with Gasteiger partial charge in [0.25, 0.3) is 0 Å². The SMILES string of the molecule is c1ccc2c(NCc3ccncc3)nccc2c1. The second-order valence-electron chi connectivity index (χ2n) is 4.09. The molecule has 0 spiro atoms. The van der Waals surface area contributed by atoms with Crippen molar-refractivity contribution in [1.29, 1.82) is 0 Å². The molecule has 3 nitrogen and oxygen atoms in total. The molecular formula is C15H13N3. The average Bonchev–Trinajstić information content (AvgIpc) is 2.46. The number of pyridine rings is 2. The Labute approximate surface area is 106 Å². The van der Waals surface area contributed by atoms with Crippen LogP contribution in [0.4, 0.5) is 5.82 Å². The lowest BCUT2D eigenvalue weighted by Gasteiger charge is -2.08. The minimum atomic E-state index is 0.753. The van der Waals surface area contributed by atoms with Crippen LogP contribution in [-0.2, 0) is 6.54 Å². The van der Waals surface area contributed by atoms with Gasteiger partial charge in [-0.25, -0.2) is 4.98 Å². The lowest BCUT2D eigenvalue weighted by atomic mass is 10.1. The molecule has 3 heteroatoms. The smallest absolute Gasteiger partial charge is 0.134 e. The van der Waals surface area contributed by atoms with Crippen LogP contribution < -0.4 is 5.32 Å². The minimum Gasteiger partial charge on any atom is -0.365 e. The summed E-state index contributed by atoms with van der Waals surface area (Å²) in [5.41, 5.74) is 1.19. The van der Waals surface area contributed by atoms with Crippen molar-refractivity contribution in [2.24, 2.45) is 0 Å². The number of fused-ring (bicyclic) bond motifs is 1. The number of rotatable bonds is 3. The van der Waals surface area contributed by atoms with Crippen molar-refractivity contribution in [2.75, 3.05) is 5.32 Å². The first-order valence-electron chi connectivity index (χ1n) is 5.90. The molecule has 18 heavy (non-hydrogen) atoms. The molecule has 0 saturated heterocycles. The lowest BCUT2D eigenvalue weighted by molar-refractivity contribution is 1.10. The summed E-state index contributed by atoms with van der Waals surface area (Å²) in [6.07, 6.45) is 5.43. The molecule has 1 N–H and O–H groups in total. The van der Waals surface area contributed by atoms with Gasteiger partial charge in [0.15, 0.2) is 0 Å². The summed E-state index contributed by atoms with van der Waals surface area (Å²) in [5.74, 6) is 0.921. The summed E-state index contributed by atoms with van der Waals surface area (Å²) in [5, 5.41) is 5.71. The zero-order valence-corrected chi connectivity index (χ0v) is 9.88. The summed E-state index contributed by atoms with van der Waals surface area (Å²) in [7, 11) is 0. The van der Waals surface area contributed by atoms with E-state index in [0.717, 1.165) is 17.7 Å². The van der Waals surface area contributed by atoms with Gasteiger partial charge in [0, 0.05) is 30.5 Å². The van der Waals surface area contributed by atoms with Gasteiger partial charge in [-0.2, -0.15) is 0 Å². The van der Waals surface area contributed by atoms with Gasteiger partial charge in [-0.3, -0.25) is 4.98 Å². The van der Waals surface area contributed by atoms with E-state index in [1.165, 1.54) is 10.9 Å². The molecule has 2 aromatic heterocycles. The molecule has 0 aliphatic heterocycles. The molecule has 0 saturated carbocycles. The zero-order valence-electron chi connectivity index (χ0n) is 9.88. The van der Waals surface area contributed by atoms with Crippen molar-refractivity contribution in [2.45, 2.75) is 6.54 Å². The summed E-state index contributed by atoms with van der Waals surface area (Å²) in [4.78, 5) is 8.40. The Balaban J connectivity index is 1.87. The quantitative estimate of drug-likeness (QED) is 0.757. The molecule has 0 fully saturated rings. The predicted octanol–water partition coefficient (Wildman–Crippen LogP) is 3.24. The number of nitrogens with zero attached hydrogens (tertiary/aromatic N) is 2. The number of aromatic nitrogens is 2. The molecule has 0 bridgehead atoms. The molecule has 0 aliphatic rings. The lowest BCUT2D eigenvalue weighted by Crippen LogP contribution is -2.01. The molecule has 0 atom stereocenters. The van der Waals surface area contributed by atoms with Crippen LogP contribution in [0.3, 0.4) is 0 Å². The summed E-state index contributed by atoms with van der Waals surface area (Å²) in [6.45, 7) is 0.753. The summed E-state index contributed by atoms with van der Waals surface area (Å²) in [6, 6.07) is 14.3. The van der Waals surface area contributed by atoms with Gasteiger partial charge in [-0.1, -0.05) is 24.3 Å². The Morgan fingerprint density at radius 1 is 0.889 bits per heavy atom. The van der Waals surface area contributed by atoms with Gasteiger partial charge in [-0.15, -0.1) is 0 Å². The van der Waals surface area contributed by atoms with E-state index in [2.05, 4.69) is 27.4 Å². The van der Waals surface area contributed by atoms with E-state index in [1.807, 2.05) is 36.5 Å². The Hall–Kier alpha value is -2.42. The Bertz CT molecular complexity index is 645. The van der Waals surface area contributed by atoms with Crippen LogP contribution in [0.1, 0.15) is 5.56 Å². The Morgan fingerprint density at radius 3 is 2.61 bits per heavy atom. The zero-order chi connectivity index (χ0) is 12.2. The fraction of sp³-hybridized carbons (Fsp3) is 0.0667. The van der Waals surface area contributed by atoms with Gasteiger partial charge in [0.2, 0.25) is 0 Å². The molecule has 2 heterocycles. The minimum absolute atomic E-state index is 0.753. The fourth-order valence-electron chi connectivity index (χ4n) is 1.95. The maximum Gasteiger partial charge on any atom is 0.134 e. The van der Waals surface area contributed by atoms with Crippen molar-refractivity contribution in [3.8, 4) is 0 Å². The third kappa shape index (κ3) is 2.15. The molecule has 88 valence electrons. The van der Waals surface area contributed by atoms with Crippen LogP contribution in [0.2, 0.25) is 0 Å². The number of nitrogens with one attached hydrogen (secondary N) is 1. The molecular weight excluding hydrogens is 222 g/mol. The Kier molecular flexibility index (Phi) is 2.88. The first-order chi connectivity index (χ1) is 8.93. The van der Waals surface area contributed by atoms with Crippen LogP contribution >= 0.6 is 0 Å². The Morgan fingerprint density at radius 2 is 1.72 bits per heavy atom. The first kappa shape index (κ1) is 10.7. The van der Waals surface area contributed by atoms with E-state index in [4.69, 9.17) is 0 Å². The molecule has 0 radical (unpaired) electrons. The van der Waals surface area contributed by atoms with E-state index < -0.39 is 0 Å². The van der Waals surface area contributed by atoms with Crippen molar-refractivity contribution >= 4 is 16.6 Å². The van der Waals surface area contributed by atoms with Gasteiger partial charge in [0.1, 0.15) is 5.82 Å². The van der Waals surface area contributed by atoms with E-state index in [0.29, 0.717) is 0 Å². The maximum absolute atomic E-state index is 4.40. The van der Waals surface area contributed by atoms with Crippen LogP contribution in [0.15, 0.2) is 61.1 Å². The molecule has 3 rings (SSSR count). The summed E-state index contributed by atoms with van der Waals surface area (Å²) >= 11 is 0. The second-order valence-corrected chi connectivity index (χ2v) is 4.09. The van der Waals surface area contributed by atoms with E-state index in [9.17, 15) is 0 Å². The molecule has 0 unspecified atom stereocenters. The highest BCUT2D eigenvalue weighted by molar-refractivity contribution is 5.91. The normalized spacial score (nSPS) is 10.4. The predicted molar refractivity (Wildman–Crippen MR) is 73.3 cm³/mol. The van der Waals surface area contributed by atoms with E-state index in [1.54, 1.807) is 12.4 Å². The molecule has 3 aromatic rings. The van der Waals surface area contributed by atoms with E-state index >= 15 is 0 Å². The first-order valence-corrected chi connectivity index (χ1v) is 5.90. The molecule has 0 amide bonds. The number of benzene rings is 1. The van der Waals surface area contributed by atoms with Crippen LogP contribution in [-0.4, -0.2) is 9.97 Å². The van der Waals surface area contributed by atoms with Crippen molar-refractivity contribution in [3.05, 3.63) is 66.6 Å². The maximum atomic E-state index is 4.40. The summed E-state index contributed by atoms with van der Waals surface area (Å²) < 4.78 is 0. The highest BCUT2D eigenvalue weighted by Gasteiger charge is 2.00. The largest absolute Gasteiger partial charge is 0.365 e. The highest BCUT2D eigenvalue weighted by atomic mass is 15.0. The van der Waals surface area contributed by atoms with Crippen LogP contribution in [0, 0.1) is 0 Å². The number of anilines is 1. The highest BCUT2D eigenvalue weighted by Crippen LogP contribution is 2.20. The third-order valence-electron chi connectivity index (χ3n) is 2.88. The fourth-order valence-corrected chi connectivity index (χ4v) is 1.95. The number of hydrogen-bond acceptors (Lipinski definition) is 3. The second kappa shape index (κ2) is 4.84. The van der Waals surface area contributed by atoms with Gasteiger partial charge < -0.3 is 5.32 Å². The third-order valence-corrected chi connectivity index (χ3v) is 2.88. The molecule has 1 aromatic carbocycles. The van der Waals surface area contributed by atoms with Crippen molar-refractivity contribution < 1.29 is 0 Å². The molecule has 0 aliphatic carbocycles.